The van der Waals surface area contributed by atoms with Crippen LogP contribution in [-0.4, -0.2) is 59.2 Å². The van der Waals surface area contributed by atoms with E-state index in [0.717, 1.165) is 17.7 Å². The lowest BCUT2D eigenvalue weighted by atomic mass is 9.70. The molecule has 4 rings (SSSR count). The molecule has 3 aliphatic rings. The molecule has 3 amide bonds. The molecule has 0 aliphatic carbocycles. The fraction of sp³-hybridized carbons (Fsp3) is 0.654. The lowest BCUT2D eigenvalue weighted by Gasteiger charge is -2.53. The maximum Gasteiger partial charge on any atom is 0.408 e. The molecular formula is C26H36ClN3O6. The lowest BCUT2D eigenvalue weighted by Crippen LogP contribution is -2.58. The van der Waals surface area contributed by atoms with Crippen LogP contribution in [0, 0.1) is 11.8 Å². The minimum absolute atomic E-state index is 0.0237. The molecule has 198 valence electrons. The van der Waals surface area contributed by atoms with Crippen LogP contribution in [-0.2, 0) is 19.1 Å². The molecule has 1 aromatic rings. The number of nitrogens with zero attached hydrogens (tertiary/aromatic N) is 1. The third-order valence-electron chi connectivity index (χ3n) is 7.16. The Morgan fingerprint density at radius 2 is 2.03 bits per heavy atom. The normalized spacial score (nSPS) is 27.4. The molecule has 0 spiro atoms. The number of carbonyl (C=O) groups is 3. The predicted octanol–water partition coefficient (Wildman–Crippen LogP) is 3.57. The summed E-state index contributed by atoms with van der Waals surface area (Å²) in [6, 6.07) is 4.54. The van der Waals surface area contributed by atoms with Gasteiger partial charge in [-0.3, -0.25) is 9.59 Å². The van der Waals surface area contributed by atoms with E-state index in [4.69, 9.17) is 31.5 Å². The smallest absolute Gasteiger partial charge is 0.408 e. The van der Waals surface area contributed by atoms with Crippen molar-refractivity contribution < 1.29 is 28.6 Å². The van der Waals surface area contributed by atoms with Crippen LogP contribution in [0.2, 0.25) is 5.02 Å². The summed E-state index contributed by atoms with van der Waals surface area (Å²) < 4.78 is 18.3. The number of hydrogen-bond acceptors (Lipinski definition) is 6. The summed E-state index contributed by atoms with van der Waals surface area (Å²) in [5.74, 6) is -0.0818. The van der Waals surface area contributed by atoms with Crippen LogP contribution in [0.5, 0.6) is 5.75 Å². The Labute approximate surface area is 216 Å². The van der Waals surface area contributed by atoms with E-state index < -0.39 is 29.2 Å². The Balaban J connectivity index is 1.48. The molecule has 0 unspecified atom stereocenters. The van der Waals surface area contributed by atoms with Gasteiger partial charge in [0.2, 0.25) is 11.8 Å². The molecule has 0 aromatic heterocycles. The fourth-order valence-corrected chi connectivity index (χ4v) is 5.73. The lowest BCUT2D eigenvalue weighted by molar-refractivity contribution is -0.189. The van der Waals surface area contributed by atoms with Gasteiger partial charge in [-0.15, -0.1) is 0 Å². The average Bonchev–Trinajstić information content (AvgIpc) is 2.75. The number of primary amides is 1. The molecule has 3 aliphatic heterocycles. The van der Waals surface area contributed by atoms with Crippen molar-refractivity contribution in [1.82, 2.24) is 10.2 Å². The number of ether oxygens (including phenoxy) is 3. The molecule has 0 radical (unpaired) electrons. The van der Waals surface area contributed by atoms with E-state index in [1.807, 2.05) is 18.2 Å². The van der Waals surface area contributed by atoms with Gasteiger partial charge in [0, 0.05) is 35.5 Å². The number of fused-ring (bicyclic) bond motifs is 4. The Kier molecular flexibility index (Phi) is 7.18. The summed E-state index contributed by atoms with van der Waals surface area (Å²) in [4.78, 5) is 39.1. The summed E-state index contributed by atoms with van der Waals surface area (Å²) in [7, 11) is 0. The first-order chi connectivity index (χ1) is 16.7. The molecule has 2 fully saturated rings. The Hall–Kier alpha value is -2.52. The van der Waals surface area contributed by atoms with Crippen molar-refractivity contribution in [2.24, 2.45) is 17.6 Å². The van der Waals surface area contributed by atoms with Crippen LogP contribution in [0.1, 0.15) is 65.5 Å². The second-order valence-electron chi connectivity index (χ2n) is 11.5. The van der Waals surface area contributed by atoms with E-state index in [-0.39, 0.29) is 36.4 Å². The summed E-state index contributed by atoms with van der Waals surface area (Å²) >= 11 is 6.28. The molecule has 3 N–H and O–H groups in total. The van der Waals surface area contributed by atoms with Crippen molar-refractivity contribution >= 4 is 29.5 Å². The third-order valence-corrected chi connectivity index (χ3v) is 7.39. The van der Waals surface area contributed by atoms with Gasteiger partial charge in [0.15, 0.2) is 0 Å². The van der Waals surface area contributed by atoms with Crippen LogP contribution >= 0.6 is 11.6 Å². The fourth-order valence-electron chi connectivity index (χ4n) is 5.55. The topological polar surface area (TPSA) is 120 Å². The first kappa shape index (κ1) is 26.5. The predicted molar refractivity (Wildman–Crippen MR) is 134 cm³/mol. The zero-order valence-electron chi connectivity index (χ0n) is 21.5. The van der Waals surface area contributed by atoms with E-state index in [0.29, 0.717) is 24.5 Å². The van der Waals surface area contributed by atoms with Gasteiger partial charge < -0.3 is 30.2 Å². The third kappa shape index (κ3) is 5.72. The molecular weight excluding hydrogens is 486 g/mol. The number of rotatable bonds is 4. The molecule has 9 nitrogen and oxygen atoms in total. The number of likely N-dealkylation sites (tertiary alicyclic amines) is 1. The van der Waals surface area contributed by atoms with Gasteiger partial charge in [-0.05, 0) is 65.7 Å². The highest BCUT2D eigenvalue weighted by atomic mass is 35.5. The van der Waals surface area contributed by atoms with Crippen LogP contribution in [0.15, 0.2) is 18.2 Å². The number of alkyl carbamates (subject to hydrolysis) is 1. The first-order valence-electron chi connectivity index (χ1n) is 12.4. The highest BCUT2D eigenvalue weighted by molar-refractivity contribution is 6.30. The van der Waals surface area contributed by atoms with Crippen LogP contribution < -0.4 is 15.8 Å². The number of hydrogen-bond donors (Lipinski definition) is 2. The summed E-state index contributed by atoms with van der Waals surface area (Å²) in [5.41, 5.74) is 5.14. The molecule has 1 aromatic carbocycles. The van der Waals surface area contributed by atoms with E-state index in [9.17, 15) is 14.4 Å². The van der Waals surface area contributed by atoms with Crippen LogP contribution in [0.25, 0.3) is 0 Å². The molecule has 10 heteroatoms. The second-order valence-corrected chi connectivity index (χ2v) is 12.0. The standard InChI is InChI=1S/C26H36ClN3O6/c1-25(2,3)36-24(33)29-18(12-21(28)31)23(32)30-9-8-19-14(13-30)10-17-22(34-19)16-11-15(27)6-7-20(16)35-26(17,4)5/h6-7,11,14,17-19,22H,8-10,12-13H2,1-5H3,(H2,28,31)(H,29,33)/t14-,17+,18+,19+,22-/m1/s1. The summed E-state index contributed by atoms with van der Waals surface area (Å²) in [6.07, 6.45) is 0.221. The number of nitrogens with one attached hydrogen (secondary N) is 1. The zero-order valence-corrected chi connectivity index (χ0v) is 22.3. The van der Waals surface area contributed by atoms with E-state index in [2.05, 4.69) is 19.2 Å². The van der Waals surface area contributed by atoms with Crippen molar-refractivity contribution in [2.45, 2.75) is 83.3 Å². The van der Waals surface area contributed by atoms with Crippen LogP contribution in [0.4, 0.5) is 4.79 Å². The maximum absolute atomic E-state index is 13.4. The summed E-state index contributed by atoms with van der Waals surface area (Å²) in [6.45, 7) is 10.2. The monoisotopic (exact) mass is 521 g/mol. The van der Waals surface area contributed by atoms with Gasteiger partial charge in [-0.1, -0.05) is 11.6 Å². The number of nitrogens with two attached hydrogens (primary N) is 1. The largest absolute Gasteiger partial charge is 0.487 e. The number of benzene rings is 1. The highest BCUT2D eigenvalue weighted by Gasteiger charge is 2.52. The van der Waals surface area contributed by atoms with Crippen molar-refractivity contribution in [2.75, 3.05) is 13.1 Å². The quantitative estimate of drug-likeness (QED) is 0.625. The van der Waals surface area contributed by atoms with Gasteiger partial charge in [0.1, 0.15) is 23.0 Å². The number of amides is 3. The van der Waals surface area contributed by atoms with Crippen molar-refractivity contribution in [1.29, 1.82) is 0 Å². The molecule has 5 atom stereocenters. The van der Waals surface area contributed by atoms with Crippen molar-refractivity contribution in [3.8, 4) is 5.75 Å². The Bertz CT molecular complexity index is 1040. The molecule has 0 bridgehead atoms. The van der Waals surface area contributed by atoms with Crippen molar-refractivity contribution in [3.05, 3.63) is 28.8 Å². The highest BCUT2D eigenvalue weighted by Crippen LogP contribution is 2.53. The average molecular weight is 522 g/mol. The van der Waals surface area contributed by atoms with Gasteiger partial charge in [-0.2, -0.15) is 0 Å². The second kappa shape index (κ2) is 9.74. The molecule has 0 saturated carbocycles. The zero-order chi connectivity index (χ0) is 26.4. The SMILES string of the molecule is CC(C)(C)OC(=O)N[C@@H](CC(N)=O)C(=O)N1CC[C@@H]2O[C@@H]3c4cc(Cl)ccc4OC(C)(C)[C@H]3C[C@@H]2C1. The number of carbonyl (C=O) groups excluding carboxylic acids is 3. The minimum Gasteiger partial charge on any atom is -0.487 e. The van der Waals surface area contributed by atoms with Gasteiger partial charge in [-0.25, -0.2) is 4.79 Å². The maximum atomic E-state index is 13.4. The van der Waals surface area contributed by atoms with Crippen molar-refractivity contribution in [3.63, 3.8) is 0 Å². The van der Waals surface area contributed by atoms with Gasteiger partial charge >= 0.3 is 6.09 Å². The Morgan fingerprint density at radius 3 is 2.69 bits per heavy atom. The minimum atomic E-state index is -1.09. The van der Waals surface area contributed by atoms with Gasteiger partial charge in [0.25, 0.3) is 0 Å². The van der Waals surface area contributed by atoms with E-state index in [1.165, 1.54) is 0 Å². The summed E-state index contributed by atoms with van der Waals surface area (Å²) in [5, 5.41) is 3.17. The number of halogens is 1. The van der Waals surface area contributed by atoms with Gasteiger partial charge in [0.05, 0.1) is 18.6 Å². The van der Waals surface area contributed by atoms with Crippen LogP contribution in [0.3, 0.4) is 0 Å². The molecule has 2 saturated heterocycles. The van der Waals surface area contributed by atoms with E-state index in [1.54, 1.807) is 25.7 Å². The van der Waals surface area contributed by atoms with E-state index >= 15 is 0 Å². The first-order valence-corrected chi connectivity index (χ1v) is 12.8. The Morgan fingerprint density at radius 1 is 1.31 bits per heavy atom. The number of piperidine rings is 1. The molecule has 36 heavy (non-hydrogen) atoms. The molecule has 3 heterocycles.